The van der Waals surface area contributed by atoms with Crippen molar-refractivity contribution in [2.75, 3.05) is 0 Å². The van der Waals surface area contributed by atoms with Gasteiger partial charge in [-0.15, -0.1) is 8.07 Å². The van der Waals surface area contributed by atoms with E-state index >= 15 is 0 Å². The Morgan fingerprint density at radius 1 is 1.15 bits per heavy atom. The predicted molar refractivity (Wildman–Crippen MR) is 50.7 cm³/mol. The summed E-state index contributed by atoms with van der Waals surface area (Å²) in [7, 11) is -1.01. The molecule has 0 aliphatic rings. The zero-order valence-corrected chi connectivity index (χ0v) is 14.6. The third-order valence-electron chi connectivity index (χ3n) is 1.24. The van der Waals surface area contributed by atoms with E-state index in [1.54, 1.807) is 0 Å². The number of rotatable bonds is 4. The Morgan fingerprint density at radius 2 is 1.62 bits per heavy atom. The van der Waals surface area contributed by atoms with Crippen molar-refractivity contribution in [2.24, 2.45) is 0 Å². The minimum atomic E-state index is -1.01. The summed E-state index contributed by atoms with van der Waals surface area (Å²) >= 11 is 0. The maximum absolute atomic E-state index is 3.47. The molecule has 0 aliphatic carbocycles. The third-order valence-corrected chi connectivity index (χ3v) is 2.31. The van der Waals surface area contributed by atoms with E-state index in [0.29, 0.717) is 0 Å². The van der Waals surface area contributed by atoms with Gasteiger partial charge in [-0.2, -0.15) is 0 Å². The minimum Gasteiger partial charge on any atom is -1.00 e. The molecular weight excluding hydrogens is 347 g/mol. The van der Waals surface area contributed by atoms with Crippen molar-refractivity contribution in [3.05, 3.63) is 11.8 Å². The van der Waals surface area contributed by atoms with Crippen LogP contribution in [0.3, 0.4) is 0 Å². The molecule has 0 fully saturated rings. The maximum atomic E-state index is 3.47. The molecule has 0 saturated heterocycles. The number of unbranched alkanes of at least 4 members (excludes halogenated alkanes) is 2. The molecule has 0 rings (SSSR count). The Balaban J connectivity index is -0.000000135. The second kappa shape index (κ2) is 13.9. The number of hydrogen-bond donors (Lipinski definition) is 0. The molecule has 77 valence electrons. The molecule has 0 nitrogen and oxygen atoms in total. The first-order valence-corrected chi connectivity index (χ1v) is 7.65. The zero-order chi connectivity index (χ0) is 8.04. The number of hydrogen-bond acceptors (Lipinski definition) is 0. The monoisotopic (exact) mass is 365 g/mol. The van der Waals surface area contributed by atoms with Crippen LogP contribution in [0.4, 0.5) is 0 Å². The molecule has 0 spiro atoms. The van der Waals surface area contributed by atoms with Crippen LogP contribution in [0.2, 0.25) is 19.6 Å². The SMILES string of the molecule is CCCCC=[C-][Si](C)(C)C.[Ce+3].[Cl-].[Cl-]. The van der Waals surface area contributed by atoms with Gasteiger partial charge in [0.1, 0.15) is 0 Å². The van der Waals surface area contributed by atoms with Gasteiger partial charge in [0.2, 0.25) is 0 Å². The Kier molecular flexibility index (Phi) is 25.9. The van der Waals surface area contributed by atoms with Gasteiger partial charge < -0.3 is 30.5 Å². The summed E-state index contributed by atoms with van der Waals surface area (Å²) in [5.41, 5.74) is 3.47. The maximum Gasteiger partial charge on any atom is 3.00 e. The second-order valence-electron chi connectivity index (χ2n) is 3.74. The minimum absolute atomic E-state index is 0. The standard InChI is InChI=1S/C9H19Si.Ce.2ClH/c1-5-6-7-8-9-10(2,3)4;;;/h8H,5-7H2,1-4H3;;2*1H/q-1;+3;;/p-2. The Morgan fingerprint density at radius 3 is 1.92 bits per heavy atom. The van der Waals surface area contributed by atoms with Gasteiger partial charge in [0.05, 0.1) is 0 Å². The van der Waals surface area contributed by atoms with Gasteiger partial charge in [0.15, 0.2) is 0 Å². The van der Waals surface area contributed by atoms with Gasteiger partial charge in [-0.3, -0.25) is 6.08 Å². The van der Waals surface area contributed by atoms with E-state index in [1.807, 2.05) is 0 Å². The summed E-state index contributed by atoms with van der Waals surface area (Å²) < 4.78 is 0. The second-order valence-corrected chi connectivity index (χ2v) is 8.53. The number of halogens is 2. The molecule has 0 saturated carbocycles. The van der Waals surface area contributed by atoms with Crippen LogP contribution in [0.1, 0.15) is 26.2 Å². The Labute approximate surface area is 131 Å². The van der Waals surface area contributed by atoms with Crippen molar-refractivity contribution >= 4 is 8.07 Å². The summed E-state index contributed by atoms with van der Waals surface area (Å²) in [5.74, 6) is 0. The van der Waals surface area contributed by atoms with Crippen molar-refractivity contribution in [3.8, 4) is 0 Å². The molecule has 0 unspecified atom stereocenters. The zero-order valence-electron chi connectivity index (χ0n) is 8.95. The fourth-order valence-electron chi connectivity index (χ4n) is 0.685. The molecule has 0 amide bonds. The van der Waals surface area contributed by atoms with E-state index in [4.69, 9.17) is 0 Å². The van der Waals surface area contributed by atoms with Crippen molar-refractivity contribution in [3.63, 3.8) is 0 Å². The molecular formula is C9H19CeCl2Si. The van der Waals surface area contributed by atoms with E-state index < -0.39 is 8.07 Å². The van der Waals surface area contributed by atoms with Gasteiger partial charge >= 0.3 is 41.7 Å². The van der Waals surface area contributed by atoms with Crippen LogP contribution >= 0.6 is 0 Å². The van der Waals surface area contributed by atoms with Crippen molar-refractivity contribution in [2.45, 2.75) is 45.8 Å². The van der Waals surface area contributed by atoms with Crippen molar-refractivity contribution < 1.29 is 66.6 Å². The van der Waals surface area contributed by atoms with Crippen LogP contribution in [0.5, 0.6) is 0 Å². The van der Waals surface area contributed by atoms with E-state index in [0.717, 1.165) is 0 Å². The molecule has 0 aliphatic heterocycles. The third kappa shape index (κ3) is 24.9. The number of allylic oxidation sites excluding steroid dienone is 1. The van der Waals surface area contributed by atoms with Gasteiger partial charge in [-0.1, -0.05) is 45.8 Å². The topological polar surface area (TPSA) is 0 Å². The summed E-state index contributed by atoms with van der Waals surface area (Å²) in [4.78, 5) is 0. The average Bonchev–Trinajstić information content (AvgIpc) is 1.78. The quantitative estimate of drug-likeness (QED) is 0.291. The molecule has 4 heteroatoms. The van der Waals surface area contributed by atoms with Gasteiger partial charge in [0, 0.05) is 0 Å². The van der Waals surface area contributed by atoms with Crippen LogP contribution in [-0.4, -0.2) is 8.07 Å². The molecule has 0 N–H and O–H groups in total. The van der Waals surface area contributed by atoms with Crippen LogP contribution in [0.15, 0.2) is 6.08 Å². The van der Waals surface area contributed by atoms with Gasteiger partial charge in [0.25, 0.3) is 0 Å². The fourth-order valence-corrected chi connectivity index (χ4v) is 1.44. The van der Waals surface area contributed by atoms with Crippen LogP contribution in [0, 0.1) is 47.4 Å². The largest absolute Gasteiger partial charge is 3.00 e. The summed E-state index contributed by atoms with van der Waals surface area (Å²) in [6.45, 7) is 9.17. The van der Waals surface area contributed by atoms with E-state index in [-0.39, 0.29) is 66.6 Å². The first kappa shape index (κ1) is 24.2. The van der Waals surface area contributed by atoms with E-state index in [1.165, 1.54) is 19.3 Å². The van der Waals surface area contributed by atoms with Crippen LogP contribution < -0.4 is 24.8 Å². The first-order chi connectivity index (χ1) is 4.56. The molecule has 0 bridgehead atoms. The molecule has 0 aromatic carbocycles. The summed E-state index contributed by atoms with van der Waals surface area (Å²) in [6.07, 6.45) is 6.07. The predicted octanol–water partition coefficient (Wildman–Crippen LogP) is -2.58. The summed E-state index contributed by atoms with van der Waals surface area (Å²) in [5, 5.41) is 0. The molecule has 0 heterocycles. The molecule has 0 aromatic heterocycles. The molecule has 0 atom stereocenters. The van der Waals surface area contributed by atoms with Gasteiger partial charge in [-0.25, -0.2) is 0 Å². The summed E-state index contributed by atoms with van der Waals surface area (Å²) in [6, 6.07) is 0. The van der Waals surface area contributed by atoms with Crippen molar-refractivity contribution in [1.82, 2.24) is 0 Å². The van der Waals surface area contributed by atoms with E-state index in [2.05, 4.69) is 38.3 Å². The van der Waals surface area contributed by atoms with Crippen molar-refractivity contribution in [1.29, 1.82) is 0 Å². The normalized spacial score (nSPS) is 9.85. The molecule has 1 radical (unpaired) electrons. The van der Waals surface area contributed by atoms with E-state index in [9.17, 15) is 0 Å². The Hall–Kier alpha value is 1.91. The van der Waals surface area contributed by atoms with Crippen LogP contribution in [-0.2, 0) is 0 Å². The smallest absolute Gasteiger partial charge is 1.00 e. The average molecular weight is 366 g/mol. The fraction of sp³-hybridized carbons (Fsp3) is 0.778. The van der Waals surface area contributed by atoms with Gasteiger partial charge in [-0.05, 0) is 0 Å². The first-order valence-electron chi connectivity index (χ1n) is 4.15. The van der Waals surface area contributed by atoms with Crippen LogP contribution in [0.25, 0.3) is 0 Å². The Bertz CT molecular complexity index is 111. The molecule has 13 heavy (non-hydrogen) atoms. The molecule has 0 aromatic rings.